The van der Waals surface area contributed by atoms with Crippen molar-refractivity contribution in [2.45, 2.75) is 6.54 Å². The molecule has 0 radical (unpaired) electrons. The number of amides is 1. The van der Waals surface area contributed by atoms with Crippen molar-refractivity contribution >= 4 is 32.7 Å². The van der Waals surface area contributed by atoms with Gasteiger partial charge in [-0.15, -0.1) is 0 Å². The molecule has 1 fully saturated rings. The van der Waals surface area contributed by atoms with Crippen molar-refractivity contribution in [2.24, 2.45) is 0 Å². The van der Waals surface area contributed by atoms with Gasteiger partial charge in [0.25, 0.3) is 5.91 Å². The summed E-state index contributed by atoms with van der Waals surface area (Å²) in [5.41, 5.74) is 2.29. The smallest absolute Gasteiger partial charge is 0.289 e. The molecule has 5 nitrogen and oxygen atoms in total. The Morgan fingerprint density at radius 3 is 2.64 bits per heavy atom. The molecule has 0 atom stereocenters. The van der Waals surface area contributed by atoms with Gasteiger partial charge < -0.3 is 9.32 Å². The van der Waals surface area contributed by atoms with E-state index in [0.29, 0.717) is 23.5 Å². The molecule has 4 rings (SSSR count). The number of carbonyl (C=O) groups excluding carboxylic acids is 1. The number of pyridine rings is 1. The summed E-state index contributed by atoms with van der Waals surface area (Å²) in [6.07, 6.45) is 1.84. The molecule has 1 aromatic carbocycles. The van der Waals surface area contributed by atoms with E-state index in [0.717, 1.165) is 30.5 Å². The number of aromatic nitrogens is 1. The van der Waals surface area contributed by atoms with Crippen LogP contribution < -0.4 is 0 Å². The van der Waals surface area contributed by atoms with Crippen LogP contribution in [0.15, 0.2) is 57.7 Å². The highest BCUT2D eigenvalue weighted by molar-refractivity contribution is 9.10. The van der Waals surface area contributed by atoms with Crippen molar-refractivity contribution in [3.05, 3.63) is 64.7 Å². The first-order chi connectivity index (χ1) is 12.2. The Morgan fingerprint density at radius 1 is 1.08 bits per heavy atom. The second-order valence-corrected chi connectivity index (χ2v) is 6.95. The predicted molar refractivity (Wildman–Crippen MR) is 99.3 cm³/mol. The topological polar surface area (TPSA) is 49.6 Å². The Bertz CT molecular complexity index is 895. The van der Waals surface area contributed by atoms with Crippen molar-refractivity contribution in [2.75, 3.05) is 26.2 Å². The third-order valence-corrected chi connectivity index (χ3v) is 4.98. The van der Waals surface area contributed by atoms with Gasteiger partial charge in [0, 0.05) is 44.3 Å². The molecule has 1 aliphatic rings. The number of hydrogen-bond donors (Lipinski definition) is 0. The highest BCUT2D eigenvalue weighted by Crippen LogP contribution is 2.20. The van der Waals surface area contributed by atoms with Crippen LogP contribution in [0.1, 0.15) is 16.1 Å². The van der Waals surface area contributed by atoms with Crippen LogP contribution in [0.2, 0.25) is 0 Å². The minimum Gasteiger partial charge on any atom is -0.444 e. The highest BCUT2D eigenvalue weighted by Gasteiger charge is 2.24. The zero-order valence-corrected chi connectivity index (χ0v) is 15.3. The van der Waals surface area contributed by atoms with Gasteiger partial charge in [0.1, 0.15) is 0 Å². The van der Waals surface area contributed by atoms with Gasteiger partial charge in [-0.25, -0.2) is 0 Å². The lowest BCUT2D eigenvalue weighted by Crippen LogP contribution is -2.48. The number of rotatable bonds is 3. The van der Waals surface area contributed by atoms with Gasteiger partial charge in [-0.3, -0.25) is 14.7 Å². The summed E-state index contributed by atoms with van der Waals surface area (Å²) in [4.78, 5) is 21.2. The first-order valence-electron chi connectivity index (χ1n) is 8.30. The minimum absolute atomic E-state index is 0.0443. The lowest BCUT2D eigenvalue weighted by atomic mass is 10.1. The normalized spacial score (nSPS) is 15.6. The van der Waals surface area contributed by atoms with Crippen LogP contribution in [0.25, 0.3) is 10.9 Å². The van der Waals surface area contributed by atoms with Crippen LogP contribution in [-0.2, 0) is 6.54 Å². The molecule has 3 heterocycles. The van der Waals surface area contributed by atoms with Gasteiger partial charge >= 0.3 is 0 Å². The maximum absolute atomic E-state index is 12.4. The van der Waals surface area contributed by atoms with Gasteiger partial charge in [-0.1, -0.05) is 24.3 Å². The van der Waals surface area contributed by atoms with Crippen LogP contribution in [0, 0.1) is 0 Å². The molecule has 1 saturated heterocycles. The Labute approximate surface area is 154 Å². The summed E-state index contributed by atoms with van der Waals surface area (Å²) >= 11 is 3.24. The number of nitrogens with zero attached hydrogens (tertiary/aromatic N) is 3. The molecule has 0 bridgehead atoms. The molecule has 0 aliphatic carbocycles. The number of carbonyl (C=O) groups is 1. The molecule has 0 N–H and O–H groups in total. The van der Waals surface area contributed by atoms with E-state index < -0.39 is 0 Å². The average molecular weight is 400 g/mol. The van der Waals surface area contributed by atoms with Crippen LogP contribution in [-0.4, -0.2) is 46.9 Å². The standard InChI is InChI=1S/C19H18BrN3O2/c20-17-7-6-16(25-17)19(24)23-11-9-22(10-12-23)13-15-4-1-3-14-5-2-8-21-18(14)15/h1-8H,9-13H2. The fraction of sp³-hybridized carbons (Fsp3) is 0.263. The minimum atomic E-state index is -0.0443. The quantitative estimate of drug-likeness (QED) is 0.675. The summed E-state index contributed by atoms with van der Waals surface area (Å²) in [5, 5.41) is 1.16. The molecule has 6 heteroatoms. The van der Waals surface area contributed by atoms with Gasteiger partial charge in [-0.2, -0.15) is 0 Å². The summed E-state index contributed by atoms with van der Waals surface area (Å²) in [5.74, 6) is 0.343. The van der Waals surface area contributed by atoms with Crippen molar-refractivity contribution in [3.63, 3.8) is 0 Å². The zero-order valence-electron chi connectivity index (χ0n) is 13.7. The molecule has 3 aromatic rings. The Kier molecular flexibility index (Phi) is 4.55. The van der Waals surface area contributed by atoms with Crippen LogP contribution >= 0.6 is 15.9 Å². The van der Waals surface area contributed by atoms with Gasteiger partial charge in [-0.05, 0) is 39.7 Å². The van der Waals surface area contributed by atoms with Crippen LogP contribution in [0.5, 0.6) is 0 Å². The second kappa shape index (κ2) is 6.98. The van der Waals surface area contributed by atoms with E-state index in [4.69, 9.17) is 4.42 Å². The number of fused-ring (bicyclic) bond motifs is 1. The molecule has 0 saturated carbocycles. The molecule has 25 heavy (non-hydrogen) atoms. The molecule has 1 aliphatic heterocycles. The van der Waals surface area contributed by atoms with Crippen molar-refractivity contribution in [1.82, 2.24) is 14.8 Å². The summed E-state index contributed by atoms with van der Waals surface area (Å²) in [6, 6.07) is 13.8. The first-order valence-corrected chi connectivity index (χ1v) is 9.09. The van der Waals surface area contributed by atoms with E-state index in [1.807, 2.05) is 17.2 Å². The summed E-state index contributed by atoms with van der Waals surface area (Å²) in [6.45, 7) is 3.95. The van der Waals surface area contributed by atoms with Crippen molar-refractivity contribution < 1.29 is 9.21 Å². The molecular formula is C19H18BrN3O2. The van der Waals surface area contributed by atoms with E-state index in [9.17, 15) is 4.79 Å². The number of furan rings is 1. The van der Waals surface area contributed by atoms with Crippen molar-refractivity contribution in [1.29, 1.82) is 0 Å². The predicted octanol–water partition coefficient (Wildman–Crippen LogP) is 3.55. The molecule has 128 valence electrons. The fourth-order valence-corrected chi connectivity index (χ4v) is 3.54. The van der Waals surface area contributed by atoms with E-state index in [1.165, 1.54) is 5.56 Å². The largest absolute Gasteiger partial charge is 0.444 e. The van der Waals surface area contributed by atoms with E-state index in [2.05, 4.69) is 50.1 Å². The van der Waals surface area contributed by atoms with E-state index in [-0.39, 0.29) is 5.91 Å². The maximum Gasteiger partial charge on any atom is 0.289 e. The lowest BCUT2D eigenvalue weighted by molar-refractivity contribution is 0.0597. The molecule has 1 amide bonds. The Morgan fingerprint density at radius 2 is 1.88 bits per heavy atom. The molecule has 0 spiro atoms. The number of hydrogen-bond acceptors (Lipinski definition) is 4. The number of piperazine rings is 1. The van der Waals surface area contributed by atoms with E-state index >= 15 is 0 Å². The zero-order chi connectivity index (χ0) is 17.2. The summed E-state index contributed by atoms with van der Waals surface area (Å²) < 4.78 is 5.95. The summed E-state index contributed by atoms with van der Waals surface area (Å²) in [7, 11) is 0. The van der Waals surface area contributed by atoms with Gasteiger partial charge in [0.2, 0.25) is 0 Å². The fourth-order valence-electron chi connectivity index (χ4n) is 3.23. The second-order valence-electron chi connectivity index (χ2n) is 6.16. The maximum atomic E-state index is 12.4. The highest BCUT2D eigenvalue weighted by atomic mass is 79.9. The number of halogens is 1. The lowest BCUT2D eigenvalue weighted by Gasteiger charge is -2.34. The molecular weight excluding hydrogens is 382 g/mol. The van der Waals surface area contributed by atoms with Gasteiger partial charge in [0.05, 0.1) is 5.52 Å². The van der Waals surface area contributed by atoms with Crippen molar-refractivity contribution in [3.8, 4) is 0 Å². The van der Waals surface area contributed by atoms with Crippen LogP contribution in [0.4, 0.5) is 0 Å². The Balaban J connectivity index is 1.41. The third kappa shape index (κ3) is 3.45. The Hall–Kier alpha value is -2.18. The van der Waals surface area contributed by atoms with E-state index in [1.54, 1.807) is 12.1 Å². The third-order valence-electron chi connectivity index (χ3n) is 4.55. The number of benzene rings is 1. The SMILES string of the molecule is O=C(c1ccc(Br)o1)N1CCN(Cc2cccc3cccnc23)CC1. The molecule has 2 aromatic heterocycles. The number of para-hydroxylation sites is 1. The molecule has 0 unspecified atom stereocenters. The van der Waals surface area contributed by atoms with Gasteiger partial charge in [0.15, 0.2) is 10.4 Å². The first kappa shape index (κ1) is 16.3. The monoisotopic (exact) mass is 399 g/mol. The van der Waals surface area contributed by atoms with Crippen LogP contribution in [0.3, 0.4) is 0 Å². The average Bonchev–Trinajstić information content (AvgIpc) is 3.08.